The first-order chi connectivity index (χ1) is 32.4. The third kappa shape index (κ3) is 10.1. The number of fused-ring (bicyclic) bond motifs is 6. The van der Waals surface area contributed by atoms with Gasteiger partial charge in [-0.2, -0.15) is 0 Å². The van der Waals surface area contributed by atoms with Gasteiger partial charge in [-0.05, 0) is 98.5 Å². The molecule has 8 aromatic rings. The van der Waals surface area contributed by atoms with Gasteiger partial charge < -0.3 is 28.1 Å². The fourth-order valence-electron chi connectivity index (χ4n) is 9.15. The number of benzene rings is 4. The smallest absolute Gasteiger partial charge is 0.356 e. The van der Waals surface area contributed by atoms with Crippen molar-refractivity contribution in [3.05, 3.63) is 121 Å². The van der Waals surface area contributed by atoms with Crippen molar-refractivity contribution in [2.75, 3.05) is 27.4 Å². The van der Waals surface area contributed by atoms with Crippen molar-refractivity contribution in [3.8, 4) is 34.0 Å². The highest BCUT2D eigenvalue weighted by Gasteiger charge is 2.23. The molecule has 0 saturated carbocycles. The van der Waals surface area contributed by atoms with Gasteiger partial charge in [0.05, 0.1) is 49.9 Å². The van der Waals surface area contributed by atoms with Gasteiger partial charge in [-0.3, -0.25) is 0 Å². The number of aromatic nitrogens is 4. The first kappa shape index (κ1) is 45.9. The summed E-state index contributed by atoms with van der Waals surface area (Å²) in [4.78, 5) is 37.2. The van der Waals surface area contributed by atoms with Crippen molar-refractivity contribution in [3.63, 3.8) is 0 Å². The summed E-state index contributed by atoms with van der Waals surface area (Å²) >= 11 is 0. The molecule has 0 saturated heterocycles. The molecule has 342 valence electrons. The lowest BCUT2D eigenvalue weighted by Gasteiger charge is -2.13. The summed E-state index contributed by atoms with van der Waals surface area (Å²) in [5.41, 5.74) is 8.29. The van der Waals surface area contributed by atoms with Gasteiger partial charge >= 0.3 is 11.9 Å². The molecule has 66 heavy (non-hydrogen) atoms. The van der Waals surface area contributed by atoms with Gasteiger partial charge in [0.15, 0.2) is 0 Å². The highest BCUT2D eigenvalue weighted by Crippen LogP contribution is 2.38. The van der Waals surface area contributed by atoms with Crippen LogP contribution in [0, 0.1) is 0 Å². The summed E-state index contributed by atoms with van der Waals surface area (Å²) in [6.45, 7) is 6.80. The van der Waals surface area contributed by atoms with Crippen LogP contribution < -0.4 is 9.47 Å². The number of hydrogen-bond acceptors (Lipinski definition) is 8. The van der Waals surface area contributed by atoms with Crippen LogP contribution in [0.25, 0.3) is 66.1 Å². The fraction of sp³-hybridized carbons (Fsp3) is 0.357. The Hall–Kier alpha value is -6.68. The third-order valence-corrected chi connectivity index (χ3v) is 12.6. The standard InChI is InChI=1S/C56H62N4O6/c1-5-7-17-33-59-49-23-15-13-21-43(49)45-37-47(57-51(53(45)59)39-25-29-41(63-3)30-26-39)55(61)65-35-19-11-9-10-12-20-36-66-56(62)48-38-46-44-22-14-16-24-50(44)60(34-18-8-6-2)54(46)52(58-48)40-27-31-42(64-4)32-28-40/h13-16,21-32,37-38H,5-12,17-20,33-36H2,1-4H3. The van der Waals surface area contributed by atoms with Crippen molar-refractivity contribution >= 4 is 55.6 Å². The van der Waals surface area contributed by atoms with Gasteiger partial charge in [0, 0.05) is 56.8 Å². The molecular weight excluding hydrogens is 825 g/mol. The van der Waals surface area contributed by atoms with Crippen LogP contribution >= 0.6 is 0 Å². The van der Waals surface area contributed by atoms with Crippen LogP contribution in [0.4, 0.5) is 0 Å². The Morgan fingerprint density at radius 2 is 0.864 bits per heavy atom. The van der Waals surface area contributed by atoms with E-state index in [1.165, 1.54) is 0 Å². The summed E-state index contributed by atoms with van der Waals surface area (Å²) < 4.78 is 27.3. The Balaban J connectivity index is 0.863. The molecule has 0 aliphatic rings. The van der Waals surface area contributed by atoms with E-state index < -0.39 is 11.9 Å². The van der Waals surface area contributed by atoms with Crippen molar-refractivity contribution < 1.29 is 28.5 Å². The number of carbonyl (C=O) groups excluding carboxylic acids is 2. The van der Waals surface area contributed by atoms with Crippen LogP contribution in [0.2, 0.25) is 0 Å². The number of unbranched alkanes of at least 4 members (excludes halogenated alkanes) is 9. The Kier molecular flexibility index (Phi) is 15.3. The Labute approximate surface area is 387 Å². The summed E-state index contributed by atoms with van der Waals surface area (Å²) in [6.07, 6.45) is 12.0. The molecule has 0 aliphatic heterocycles. The topological polar surface area (TPSA) is 107 Å². The van der Waals surface area contributed by atoms with Crippen LogP contribution in [-0.4, -0.2) is 58.5 Å². The molecule has 0 N–H and O–H groups in total. The molecular formula is C56H62N4O6. The van der Waals surface area contributed by atoms with Gasteiger partial charge in [0.1, 0.15) is 22.9 Å². The van der Waals surface area contributed by atoms with Crippen molar-refractivity contribution in [2.45, 2.75) is 104 Å². The molecule has 8 rings (SSSR count). The van der Waals surface area contributed by atoms with E-state index in [2.05, 4.69) is 59.4 Å². The van der Waals surface area contributed by atoms with Crippen LogP contribution in [0.15, 0.2) is 109 Å². The second-order valence-electron chi connectivity index (χ2n) is 17.1. The van der Waals surface area contributed by atoms with Gasteiger partial charge in [-0.25, -0.2) is 19.6 Å². The minimum atomic E-state index is -0.418. The summed E-state index contributed by atoms with van der Waals surface area (Å²) in [7, 11) is 3.31. The lowest BCUT2D eigenvalue weighted by molar-refractivity contribution is 0.0478. The molecule has 0 radical (unpaired) electrons. The van der Waals surface area contributed by atoms with E-state index in [4.69, 9.17) is 28.9 Å². The summed E-state index contributed by atoms with van der Waals surface area (Å²) in [5, 5.41) is 4.19. The van der Waals surface area contributed by atoms with E-state index in [-0.39, 0.29) is 0 Å². The number of aryl methyl sites for hydroxylation is 2. The molecule has 0 bridgehead atoms. The van der Waals surface area contributed by atoms with E-state index in [0.29, 0.717) is 24.6 Å². The third-order valence-electron chi connectivity index (χ3n) is 12.6. The SMILES string of the molecule is CCCCCn1c2ccccc2c2cc(C(=O)OCCCCCCCCOC(=O)c3cc4c5ccccc5n(CCCCC)c4c(-c4ccc(OC)cc4)n3)nc(-c3ccc(OC)cc3)c21. The summed E-state index contributed by atoms with van der Waals surface area (Å²) in [6, 6.07) is 36.3. The van der Waals surface area contributed by atoms with Crippen LogP contribution in [0.1, 0.15) is 112 Å². The van der Waals surface area contributed by atoms with Crippen molar-refractivity contribution in [1.29, 1.82) is 0 Å². The fourth-order valence-corrected chi connectivity index (χ4v) is 9.15. The number of ether oxygens (including phenoxy) is 4. The van der Waals surface area contributed by atoms with Crippen molar-refractivity contribution in [2.24, 2.45) is 0 Å². The molecule has 4 heterocycles. The van der Waals surface area contributed by atoms with E-state index in [1.807, 2.05) is 72.8 Å². The number of methoxy groups -OCH3 is 2. The zero-order valence-electron chi connectivity index (χ0n) is 38.9. The molecule has 10 nitrogen and oxygen atoms in total. The van der Waals surface area contributed by atoms with E-state index >= 15 is 0 Å². The average Bonchev–Trinajstić information content (AvgIpc) is 3.86. The Bertz CT molecular complexity index is 2710. The number of hydrogen-bond donors (Lipinski definition) is 0. The first-order valence-electron chi connectivity index (χ1n) is 23.9. The normalized spacial score (nSPS) is 11.5. The van der Waals surface area contributed by atoms with Crippen LogP contribution in [0.3, 0.4) is 0 Å². The monoisotopic (exact) mass is 886 g/mol. The maximum Gasteiger partial charge on any atom is 0.356 e. The van der Waals surface area contributed by atoms with Crippen molar-refractivity contribution in [1.82, 2.24) is 19.1 Å². The zero-order chi connectivity index (χ0) is 45.8. The number of rotatable bonds is 23. The van der Waals surface area contributed by atoms with E-state index in [0.717, 1.165) is 168 Å². The van der Waals surface area contributed by atoms with E-state index in [9.17, 15) is 9.59 Å². The molecule has 0 atom stereocenters. The molecule has 0 aliphatic carbocycles. The van der Waals surface area contributed by atoms with Crippen LogP contribution in [-0.2, 0) is 22.6 Å². The number of para-hydroxylation sites is 2. The lowest BCUT2D eigenvalue weighted by Crippen LogP contribution is -2.10. The number of pyridine rings is 2. The van der Waals surface area contributed by atoms with Gasteiger partial charge in [-0.1, -0.05) is 102 Å². The lowest BCUT2D eigenvalue weighted by atomic mass is 10.1. The highest BCUT2D eigenvalue weighted by atomic mass is 16.5. The van der Waals surface area contributed by atoms with Gasteiger partial charge in [-0.15, -0.1) is 0 Å². The largest absolute Gasteiger partial charge is 0.497 e. The van der Waals surface area contributed by atoms with Gasteiger partial charge in [0.2, 0.25) is 0 Å². The molecule has 0 unspecified atom stereocenters. The molecule has 0 amide bonds. The Morgan fingerprint density at radius 3 is 1.26 bits per heavy atom. The first-order valence-corrected chi connectivity index (χ1v) is 23.9. The number of esters is 2. The second kappa shape index (κ2) is 22.0. The second-order valence-corrected chi connectivity index (χ2v) is 17.1. The molecule has 4 aromatic carbocycles. The quantitative estimate of drug-likeness (QED) is 0.0462. The van der Waals surface area contributed by atoms with Crippen LogP contribution in [0.5, 0.6) is 11.5 Å². The van der Waals surface area contributed by atoms with Gasteiger partial charge in [0.25, 0.3) is 0 Å². The summed E-state index contributed by atoms with van der Waals surface area (Å²) in [5.74, 6) is 0.687. The maximum atomic E-state index is 13.6. The molecule has 10 heteroatoms. The molecule has 4 aromatic heterocycles. The van der Waals surface area contributed by atoms with E-state index in [1.54, 1.807) is 14.2 Å². The minimum absolute atomic E-state index is 0.306. The number of nitrogens with zero attached hydrogens (tertiary/aromatic N) is 4. The minimum Gasteiger partial charge on any atom is -0.497 e. The highest BCUT2D eigenvalue weighted by molar-refractivity contribution is 6.14. The number of carbonyl (C=O) groups is 2. The average molecular weight is 887 g/mol. The maximum absolute atomic E-state index is 13.6. The molecule has 0 fully saturated rings. The predicted octanol–water partition coefficient (Wildman–Crippen LogP) is 13.8. The predicted molar refractivity (Wildman–Crippen MR) is 266 cm³/mol. The molecule has 0 spiro atoms. The zero-order valence-corrected chi connectivity index (χ0v) is 38.9. The Morgan fingerprint density at radius 1 is 0.470 bits per heavy atom.